The number of fused-ring (bicyclic) bond motifs is 5. The monoisotopic (exact) mass is 374 g/mol. The average Bonchev–Trinajstić information content (AvgIpc) is 2.67. The van der Waals surface area contributed by atoms with Crippen molar-refractivity contribution in [3.8, 4) is 34.1 Å². The molecular formula is C21H26O6. The Bertz CT molecular complexity index is 817. The van der Waals surface area contributed by atoms with Gasteiger partial charge in [0.1, 0.15) is 5.75 Å². The van der Waals surface area contributed by atoms with E-state index >= 15 is 0 Å². The fourth-order valence-electron chi connectivity index (χ4n) is 3.63. The van der Waals surface area contributed by atoms with Crippen molar-refractivity contribution in [2.75, 3.05) is 14.2 Å². The van der Waals surface area contributed by atoms with Crippen LogP contribution in [-0.4, -0.2) is 46.9 Å². The molecule has 2 atom stereocenters. The van der Waals surface area contributed by atoms with Crippen LogP contribution in [0.5, 0.6) is 23.0 Å². The van der Waals surface area contributed by atoms with Gasteiger partial charge in [-0.3, -0.25) is 0 Å². The van der Waals surface area contributed by atoms with Crippen molar-refractivity contribution < 1.29 is 29.9 Å². The molecular weight excluding hydrogens is 348 g/mol. The Hall–Kier alpha value is -2.44. The first-order chi connectivity index (χ1) is 13.0. The van der Waals surface area contributed by atoms with Gasteiger partial charge in [0, 0.05) is 17.5 Å². The molecule has 4 bridgehead atoms. The van der Waals surface area contributed by atoms with E-state index in [1.807, 2.05) is 0 Å². The third kappa shape index (κ3) is 3.82. The van der Waals surface area contributed by atoms with E-state index in [4.69, 9.17) is 9.47 Å². The second-order valence-electron chi connectivity index (χ2n) is 6.93. The number of aliphatic hydroxyl groups is 2. The summed E-state index contributed by atoms with van der Waals surface area (Å²) in [7, 11) is 2.94. The smallest absolute Gasteiger partial charge is 0.203 e. The fraction of sp³-hybridized carbons (Fsp3) is 0.429. The van der Waals surface area contributed by atoms with Gasteiger partial charge in [-0.1, -0.05) is 12.5 Å². The number of ether oxygens (including phenoxy) is 2. The molecule has 27 heavy (non-hydrogen) atoms. The SMILES string of the molecule is COc1c2cc(c(O)c1OC)CCCC[C@@H](O)[C@@H](O)Cc1ccc(O)c-2c1. The number of phenolic OH excluding ortho intramolecular Hbond substituents is 2. The number of hydrogen-bond donors (Lipinski definition) is 4. The van der Waals surface area contributed by atoms with Crippen molar-refractivity contribution in [1.29, 1.82) is 0 Å². The Kier molecular flexibility index (Phi) is 5.77. The molecule has 3 rings (SSSR count). The lowest BCUT2D eigenvalue weighted by Crippen LogP contribution is -2.27. The molecule has 0 aromatic heterocycles. The second-order valence-corrected chi connectivity index (χ2v) is 6.93. The highest BCUT2D eigenvalue weighted by atomic mass is 16.5. The maximum Gasteiger partial charge on any atom is 0.203 e. The van der Waals surface area contributed by atoms with E-state index in [2.05, 4.69) is 0 Å². The van der Waals surface area contributed by atoms with Gasteiger partial charge in [0.2, 0.25) is 5.75 Å². The standard InChI is InChI=1S/C21H26O6/c1-26-20-15-11-13(19(25)21(20)27-2)5-3-4-6-17(23)18(24)10-12-7-8-16(22)14(15)9-12/h7-9,11,17-18,22-25H,3-6,10H2,1-2H3/t17-,18+/m1/s1. The zero-order valence-electron chi connectivity index (χ0n) is 15.6. The van der Waals surface area contributed by atoms with Crippen LogP contribution in [0.25, 0.3) is 11.1 Å². The van der Waals surface area contributed by atoms with Crippen LogP contribution >= 0.6 is 0 Å². The molecule has 1 aliphatic carbocycles. The van der Waals surface area contributed by atoms with Crippen LogP contribution in [0.1, 0.15) is 30.4 Å². The minimum Gasteiger partial charge on any atom is -0.507 e. The lowest BCUT2D eigenvalue weighted by Gasteiger charge is -2.19. The van der Waals surface area contributed by atoms with E-state index in [9.17, 15) is 20.4 Å². The first-order valence-corrected chi connectivity index (χ1v) is 9.11. The van der Waals surface area contributed by atoms with Gasteiger partial charge in [0.25, 0.3) is 0 Å². The summed E-state index contributed by atoms with van der Waals surface area (Å²) in [5.41, 5.74) is 2.59. The van der Waals surface area contributed by atoms with Gasteiger partial charge < -0.3 is 29.9 Å². The molecule has 1 aliphatic rings. The number of aliphatic hydroxyl groups excluding tert-OH is 2. The quantitative estimate of drug-likeness (QED) is 0.645. The zero-order valence-corrected chi connectivity index (χ0v) is 15.6. The average molecular weight is 374 g/mol. The molecule has 0 unspecified atom stereocenters. The Morgan fingerprint density at radius 2 is 1.63 bits per heavy atom. The summed E-state index contributed by atoms with van der Waals surface area (Å²) in [6, 6.07) is 6.85. The van der Waals surface area contributed by atoms with Crippen molar-refractivity contribution in [2.24, 2.45) is 0 Å². The lowest BCUT2D eigenvalue weighted by atomic mass is 9.95. The molecule has 0 aliphatic heterocycles. The number of aryl methyl sites for hydroxylation is 1. The van der Waals surface area contributed by atoms with Gasteiger partial charge in [-0.25, -0.2) is 0 Å². The van der Waals surface area contributed by atoms with Crippen LogP contribution < -0.4 is 9.47 Å². The van der Waals surface area contributed by atoms with E-state index < -0.39 is 12.2 Å². The Morgan fingerprint density at radius 3 is 2.33 bits per heavy atom. The lowest BCUT2D eigenvalue weighted by molar-refractivity contribution is 0.0138. The van der Waals surface area contributed by atoms with Crippen LogP contribution in [0, 0.1) is 0 Å². The number of benzene rings is 2. The maximum atomic E-state index is 10.6. The molecule has 2 aromatic carbocycles. The predicted molar refractivity (Wildman–Crippen MR) is 102 cm³/mol. The van der Waals surface area contributed by atoms with Gasteiger partial charge in [0.05, 0.1) is 26.4 Å². The van der Waals surface area contributed by atoms with Crippen molar-refractivity contribution in [1.82, 2.24) is 0 Å². The van der Waals surface area contributed by atoms with E-state index in [0.717, 1.165) is 12.0 Å². The van der Waals surface area contributed by atoms with E-state index in [1.54, 1.807) is 24.3 Å². The molecule has 6 nitrogen and oxygen atoms in total. The van der Waals surface area contributed by atoms with Gasteiger partial charge >= 0.3 is 0 Å². The van der Waals surface area contributed by atoms with E-state index in [-0.39, 0.29) is 23.7 Å². The summed E-state index contributed by atoms with van der Waals surface area (Å²) in [5.74, 6) is 0.635. The topological polar surface area (TPSA) is 99.4 Å². The van der Waals surface area contributed by atoms with E-state index in [1.165, 1.54) is 14.2 Å². The molecule has 4 N–H and O–H groups in total. The van der Waals surface area contributed by atoms with Crippen LogP contribution in [-0.2, 0) is 12.8 Å². The summed E-state index contributed by atoms with van der Waals surface area (Å²) in [4.78, 5) is 0. The molecule has 0 amide bonds. The number of aromatic hydroxyl groups is 2. The molecule has 146 valence electrons. The summed E-state index contributed by atoms with van der Waals surface area (Å²) < 4.78 is 10.9. The minimum atomic E-state index is -0.879. The molecule has 0 fully saturated rings. The third-order valence-electron chi connectivity index (χ3n) is 5.13. The van der Waals surface area contributed by atoms with Crippen molar-refractivity contribution in [3.05, 3.63) is 35.4 Å². The van der Waals surface area contributed by atoms with Crippen molar-refractivity contribution >= 4 is 0 Å². The van der Waals surface area contributed by atoms with E-state index in [0.29, 0.717) is 41.7 Å². The molecule has 0 saturated carbocycles. The molecule has 0 radical (unpaired) electrons. The first-order valence-electron chi connectivity index (χ1n) is 9.11. The van der Waals surface area contributed by atoms with Crippen LogP contribution in [0.4, 0.5) is 0 Å². The Morgan fingerprint density at radius 1 is 0.889 bits per heavy atom. The second kappa shape index (κ2) is 8.06. The van der Waals surface area contributed by atoms with Gasteiger partial charge in [-0.15, -0.1) is 0 Å². The minimum absolute atomic E-state index is 0.0178. The van der Waals surface area contributed by atoms with Crippen molar-refractivity contribution in [3.63, 3.8) is 0 Å². The van der Waals surface area contributed by atoms with Crippen LogP contribution in [0.2, 0.25) is 0 Å². The normalized spacial score (nSPS) is 20.1. The Balaban J connectivity index is 2.23. The molecule has 0 saturated heterocycles. The number of methoxy groups -OCH3 is 2. The van der Waals surface area contributed by atoms with Crippen molar-refractivity contribution in [2.45, 2.75) is 44.3 Å². The molecule has 2 aromatic rings. The zero-order chi connectivity index (χ0) is 19.6. The van der Waals surface area contributed by atoms with Gasteiger partial charge in [-0.2, -0.15) is 0 Å². The van der Waals surface area contributed by atoms with Crippen LogP contribution in [0.15, 0.2) is 24.3 Å². The van der Waals surface area contributed by atoms with Gasteiger partial charge in [0.15, 0.2) is 11.5 Å². The summed E-state index contributed by atoms with van der Waals surface area (Å²) in [6.07, 6.45) is 1.08. The summed E-state index contributed by atoms with van der Waals surface area (Å²) >= 11 is 0. The highest BCUT2D eigenvalue weighted by molar-refractivity contribution is 5.81. The number of phenols is 2. The number of rotatable bonds is 2. The summed E-state index contributed by atoms with van der Waals surface area (Å²) in [6.45, 7) is 0. The number of hydrogen-bond acceptors (Lipinski definition) is 6. The van der Waals surface area contributed by atoms with Gasteiger partial charge in [-0.05, 0) is 48.6 Å². The summed E-state index contributed by atoms with van der Waals surface area (Å²) in [5, 5.41) is 41.5. The third-order valence-corrected chi connectivity index (χ3v) is 5.13. The highest BCUT2D eigenvalue weighted by Crippen LogP contribution is 2.48. The van der Waals surface area contributed by atoms with Crippen LogP contribution in [0.3, 0.4) is 0 Å². The highest BCUT2D eigenvalue weighted by Gasteiger charge is 2.24. The molecule has 6 heteroatoms. The molecule has 0 spiro atoms. The largest absolute Gasteiger partial charge is 0.507 e. The first kappa shape index (κ1) is 19.3. The molecule has 0 heterocycles. The fourth-order valence-corrected chi connectivity index (χ4v) is 3.63. The predicted octanol–water partition coefficient (Wildman–Crippen LogP) is 2.77. The maximum absolute atomic E-state index is 10.6. The Labute approximate surface area is 158 Å².